The molecule has 1 saturated heterocycles. The molecule has 98 valence electrons. The van der Waals surface area contributed by atoms with Crippen LogP contribution < -0.4 is 11.1 Å². The Kier molecular flexibility index (Phi) is 2.89. The number of amides is 2. The number of nitrogens with zero attached hydrogens (tertiary/aromatic N) is 1. The number of carbonyl (C=O) groups is 1. The van der Waals surface area contributed by atoms with E-state index in [9.17, 15) is 4.79 Å². The third-order valence-electron chi connectivity index (χ3n) is 3.84. The Morgan fingerprint density at radius 1 is 1.18 bits per heavy atom. The van der Waals surface area contributed by atoms with Crippen LogP contribution in [-0.2, 0) is 0 Å². The van der Waals surface area contributed by atoms with Gasteiger partial charge in [0.15, 0.2) is 0 Å². The maximum absolute atomic E-state index is 12.4. The zero-order valence-corrected chi connectivity index (χ0v) is 11.4. The second-order valence-corrected chi connectivity index (χ2v) is 6.85. The van der Waals surface area contributed by atoms with Crippen molar-refractivity contribution < 1.29 is 4.79 Å². The summed E-state index contributed by atoms with van der Waals surface area (Å²) in [5.74, 6) is 0. The number of hydrogen-bond acceptors (Lipinski definition) is 2. The summed E-state index contributed by atoms with van der Waals surface area (Å²) in [6, 6.07) is 0.670. The summed E-state index contributed by atoms with van der Waals surface area (Å²) < 4.78 is 0. The number of urea groups is 1. The van der Waals surface area contributed by atoms with Crippen LogP contribution in [0.5, 0.6) is 0 Å². The largest absolute Gasteiger partial charge is 0.335 e. The van der Waals surface area contributed by atoms with Gasteiger partial charge in [-0.25, -0.2) is 4.79 Å². The molecule has 0 radical (unpaired) electrons. The maximum Gasteiger partial charge on any atom is 0.318 e. The molecule has 2 rings (SSSR count). The van der Waals surface area contributed by atoms with Gasteiger partial charge in [-0.1, -0.05) is 0 Å². The van der Waals surface area contributed by atoms with Crippen molar-refractivity contribution in [3.05, 3.63) is 0 Å². The molecule has 2 fully saturated rings. The number of carbonyl (C=O) groups excluding carboxylic acids is 1. The van der Waals surface area contributed by atoms with Gasteiger partial charge in [0.05, 0.1) is 0 Å². The number of nitrogens with one attached hydrogen (secondary N) is 1. The highest BCUT2D eigenvalue weighted by atomic mass is 16.2. The van der Waals surface area contributed by atoms with Crippen LogP contribution in [0, 0.1) is 0 Å². The molecular formula is C13H25N3O. The van der Waals surface area contributed by atoms with Gasteiger partial charge in [-0.15, -0.1) is 0 Å². The van der Waals surface area contributed by atoms with Gasteiger partial charge in [-0.3, -0.25) is 0 Å². The van der Waals surface area contributed by atoms with E-state index in [0.29, 0.717) is 6.04 Å². The standard InChI is InChI=1S/C13H25N3O/c1-12(2)7-9(14)8-13(3,4)16(12)11(17)15-10-5-6-10/h9-10H,5-8,14H2,1-4H3,(H,15,17). The highest BCUT2D eigenvalue weighted by molar-refractivity contribution is 5.76. The van der Waals surface area contributed by atoms with Gasteiger partial charge in [0.1, 0.15) is 0 Å². The smallest absolute Gasteiger partial charge is 0.318 e. The molecule has 1 aliphatic heterocycles. The SMILES string of the molecule is CC1(C)CC(N)CC(C)(C)N1C(=O)NC1CC1. The van der Waals surface area contributed by atoms with Gasteiger partial charge in [0.2, 0.25) is 0 Å². The average Bonchev–Trinajstić information content (AvgIpc) is 2.80. The summed E-state index contributed by atoms with van der Waals surface area (Å²) in [6.45, 7) is 8.45. The summed E-state index contributed by atoms with van der Waals surface area (Å²) >= 11 is 0. The van der Waals surface area contributed by atoms with E-state index >= 15 is 0 Å². The van der Waals surface area contributed by atoms with E-state index in [0.717, 1.165) is 25.7 Å². The minimum Gasteiger partial charge on any atom is -0.335 e. The first-order valence-electron chi connectivity index (χ1n) is 6.59. The Hall–Kier alpha value is -0.770. The van der Waals surface area contributed by atoms with E-state index in [-0.39, 0.29) is 23.2 Å². The van der Waals surface area contributed by atoms with Gasteiger partial charge in [-0.2, -0.15) is 0 Å². The molecule has 1 aliphatic carbocycles. The van der Waals surface area contributed by atoms with Crippen LogP contribution in [0.3, 0.4) is 0 Å². The number of piperidine rings is 1. The zero-order valence-electron chi connectivity index (χ0n) is 11.4. The first-order valence-corrected chi connectivity index (χ1v) is 6.59. The highest BCUT2D eigenvalue weighted by Gasteiger charge is 2.47. The summed E-state index contributed by atoms with van der Waals surface area (Å²) in [5.41, 5.74) is 5.77. The summed E-state index contributed by atoms with van der Waals surface area (Å²) in [4.78, 5) is 14.4. The quantitative estimate of drug-likeness (QED) is 0.733. The van der Waals surface area contributed by atoms with Crippen LogP contribution in [0.25, 0.3) is 0 Å². The van der Waals surface area contributed by atoms with Crippen molar-refractivity contribution in [2.45, 2.75) is 76.5 Å². The molecule has 17 heavy (non-hydrogen) atoms. The van der Waals surface area contributed by atoms with Crippen LogP contribution >= 0.6 is 0 Å². The first-order chi connectivity index (χ1) is 7.72. The van der Waals surface area contributed by atoms with Crippen LogP contribution in [0.2, 0.25) is 0 Å². The van der Waals surface area contributed by atoms with Crippen LogP contribution in [-0.4, -0.2) is 34.1 Å². The van der Waals surface area contributed by atoms with Crippen molar-refractivity contribution in [3.63, 3.8) is 0 Å². The monoisotopic (exact) mass is 239 g/mol. The molecule has 3 N–H and O–H groups in total. The Labute approximate surface area is 104 Å². The minimum absolute atomic E-state index is 0.0781. The van der Waals surface area contributed by atoms with E-state index in [2.05, 4.69) is 33.0 Å². The third kappa shape index (κ3) is 2.57. The molecule has 0 spiro atoms. The Bertz CT molecular complexity index is 303. The summed E-state index contributed by atoms with van der Waals surface area (Å²) in [7, 11) is 0. The van der Waals surface area contributed by atoms with Crippen molar-refractivity contribution >= 4 is 6.03 Å². The number of rotatable bonds is 1. The second-order valence-electron chi connectivity index (χ2n) is 6.85. The van der Waals surface area contributed by atoms with Gasteiger partial charge in [-0.05, 0) is 53.4 Å². The second kappa shape index (κ2) is 3.87. The van der Waals surface area contributed by atoms with Crippen LogP contribution in [0.1, 0.15) is 53.4 Å². The lowest BCUT2D eigenvalue weighted by atomic mass is 9.77. The normalized spacial score (nSPS) is 27.9. The maximum atomic E-state index is 12.4. The average molecular weight is 239 g/mol. The summed E-state index contributed by atoms with van der Waals surface area (Å²) in [5, 5.41) is 3.10. The van der Waals surface area contributed by atoms with Crippen molar-refractivity contribution in [3.8, 4) is 0 Å². The number of likely N-dealkylation sites (tertiary alicyclic amines) is 1. The molecule has 2 amide bonds. The third-order valence-corrected chi connectivity index (χ3v) is 3.84. The molecule has 0 unspecified atom stereocenters. The molecule has 0 aromatic rings. The lowest BCUT2D eigenvalue weighted by Crippen LogP contribution is -2.67. The molecule has 0 aromatic heterocycles. The molecule has 0 aromatic carbocycles. The molecule has 4 nitrogen and oxygen atoms in total. The van der Waals surface area contributed by atoms with E-state index in [4.69, 9.17) is 5.73 Å². The number of hydrogen-bond donors (Lipinski definition) is 2. The van der Waals surface area contributed by atoms with E-state index in [1.54, 1.807) is 0 Å². The van der Waals surface area contributed by atoms with Crippen molar-refractivity contribution in [2.75, 3.05) is 0 Å². The molecule has 4 heteroatoms. The zero-order chi connectivity index (χ0) is 12.8. The predicted molar refractivity (Wildman–Crippen MR) is 68.8 cm³/mol. The first kappa shape index (κ1) is 12.7. The van der Waals surface area contributed by atoms with Gasteiger partial charge in [0.25, 0.3) is 0 Å². The Balaban J connectivity index is 2.17. The lowest BCUT2D eigenvalue weighted by Gasteiger charge is -2.54. The fourth-order valence-electron chi connectivity index (χ4n) is 3.37. The Morgan fingerprint density at radius 3 is 2.06 bits per heavy atom. The predicted octanol–water partition coefficient (Wildman–Crippen LogP) is 1.84. The molecule has 0 bridgehead atoms. The van der Waals surface area contributed by atoms with E-state index < -0.39 is 0 Å². The van der Waals surface area contributed by atoms with E-state index in [1.165, 1.54) is 0 Å². The highest BCUT2D eigenvalue weighted by Crippen LogP contribution is 2.38. The van der Waals surface area contributed by atoms with Gasteiger partial charge in [0, 0.05) is 23.2 Å². The molecule has 1 heterocycles. The fraction of sp³-hybridized carbons (Fsp3) is 0.923. The van der Waals surface area contributed by atoms with Gasteiger partial charge < -0.3 is 16.0 Å². The van der Waals surface area contributed by atoms with Crippen molar-refractivity contribution in [2.24, 2.45) is 5.73 Å². The molecule has 1 saturated carbocycles. The lowest BCUT2D eigenvalue weighted by molar-refractivity contribution is 0.00301. The summed E-state index contributed by atoms with van der Waals surface area (Å²) in [6.07, 6.45) is 3.99. The molecule has 0 atom stereocenters. The van der Waals surface area contributed by atoms with Crippen LogP contribution in [0.15, 0.2) is 0 Å². The fourth-order valence-corrected chi connectivity index (χ4v) is 3.37. The van der Waals surface area contributed by atoms with Crippen molar-refractivity contribution in [1.29, 1.82) is 0 Å². The molecule has 2 aliphatic rings. The van der Waals surface area contributed by atoms with Gasteiger partial charge >= 0.3 is 6.03 Å². The molecular weight excluding hydrogens is 214 g/mol. The van der Waals surface area contributed by atoms with E-state index in [1.807, 2.05) is 4.90 Å². The van der Waals surface area contributed by atoms with Crippen molar-refractivity contribution in [1.82, 2.24) is 10.2 Å². The number of nitrogens with two attached hydrogens (primary N) is 1. The Morgan fingerprint density at radius 2 is 1.65 bits per heavy atom. The topological polar surface area (TPSA) is 58.4 Å². The van der Waals surface area contributed by atoms with Crippen LogP contribution in [0.4, 0.5) is 4.79 Å². The minimum atomic E-state index is -0.167.